The first kappa shape index (κ1) is 30.5. The molecule has 4 rings (SSSR count). The molecule has 1 atom stereocenters. The van der Waals surface area contributed by atoms with Gasteiger partial charge in [-0.15, -0.1) is 0 Å². The first-order valence-corrected chi connectivity index (χ1v) is 14.3. The molecule has 4 aromatic rings. The summed E-state index contributed by atoms with van der Waals surface area (Å²) in [5.74, 6) is 1.36. The van der Waals surface area contributed by atoms with Gasteiger partial charge in [-0.1, -0.05) is 54.9 Å². The van der Waals surface area contributed by atoms with Gasteiger partial charge in [0.2, 0.25) is 5.88 Å². The summed E-state index contributed by atoms with van der Waals surface area (Å²) in [6, 6.07) is 18.1. The van der Waals surface area contributed by atoms with Gasteiger partial charge in [-0.3, -0.25) is 4.98 Å². The molecule has 0 bridgehead atoms. The van der Waals surface area contributed by atoms with Crippen LogP contribution in [0.25, 0.3) is 33.6 Å². The van der Waals surface area contributed by atoms with Gasteiger partial charge in [0.1, 0.15) is 5.75 Å². The minimum atomic E-state index is -0.412. The topological polar surface area (TPSA) is 88.5 Å². The molecule has 41 heavy (non-hydrogen) atoms. The Balaban J connectivity index is 1.67. The molecule has 0 unspecified atom stereocenters. The molecule has 0 saturated carbocycles. The number of nitrogens with zero attached hydrogens (tertiary/aromatic N) is 2. The van der Waals surface area contributed by atoms with Crippen LogP contribution in [0.5, 0.6) is 11.6 Å². The number of pyridine rings is 2. The summed E-state index contributed by atoms with van der Waals surface area (Å²) in [4.78, 5) is 9.51. The smallest absolute Gasteiger partial charge is 0.218 e. The Hall–Kier alpha value is -3.49. The Morgan fingerprint density at radius 1 is 0.927 bits per heavy atom. The van der Waals surface area contributed by atoms with Gasteiger partial charge in [0.25, 0.3) is 0 Å². The van der Waals surface area contributed by atoms with Crippen molar-refractivity contribution in [1.29, 1.82) is 0 Å². The molecule has 0 aliphatic heterocycles. The van der Waals surface area contributed by atoms with Gasteiger partial charge in [-0.05, 0) is 56.1 Å². The number of ether oxygens (including phenoxy) is 2. The summed E-state index contributed by atoms with van der Waals surface area (Å²) in [5, 5.41) is 16.8. The Kier molecular flexibility index (Phi) is 10.7. The predicted molar refractivity (Wildman–Crippen MR) is 167 cm³/mol. The largest absolute Gasteiger partial charge is 0.496 e. The average Bonchev–Trinajstić information content (AvgIpc) is 2.98. The van der Waals surface area contributed by atoms with Crippen LogP contribution in [0.3, 0.4) is 0 Å². The van der Waals surface area contributed by atoms with Crippen LogP contribution in [0.15, 0.2) is 60.8 Å². The summed E-state index contributed by atoms with van der Waals surface area (Å²) < 4.78 is 11.3. The highest BCUT2D eigenvalue weighted by atomic mass is 35.5. The maximum Gasteiger partial charge on any atom is 0.218 e. The second-order valence-electron chi connectivity index (χ2n) is 10.0. The Morgan fingerprint density at radius 2 is 1.68 bits per heavy atom. The lowest BCUT2D eigenvalue weighted by molar-refractivity contribution is 0.191. The van der Waals surface area contributed by atoms with Gasteiger partial charge in [-0.2, -0.15) is 0 Å². The van der Waals surface area contributed by atoms with Crippen LogP contribution in [0.4, 0.5) is 0 Å². The van der Waals surface area contributed by atoms with E-state index < -0.39 is 6.10 Å². The first-order chi connectivity index (χ1) is 19.9. The van der Waals surface area contributed by atoms with E-state index in [9.17, 15) is 5.11 Å². The zero-order valence-corrected chi connectivity index (χ0v) is 25.2. The molecule has 216 valence electrons. The number of hydrogen-bond donors (Lipinski definition) is 3. The van der Waals surface area contributed by atoms with Crippen molar-refractivity contribution in [2.45, 2.75) is 46.4 Å². The van der Waals surface area contributed by atoms with Gasteiger partial charge >= 0.3 is 0 Å². The lowest BCUT2D eigenvalue weighted by Crippen LogP contribution is -2.24. The summed E-state index contributed by atoms with van der Waals surface area (Å²) >= 11 is 7.07. The number of hydrogen-bond acceptors (Lipinski definition) is 7. The van der Waals surface area contributed by atoms with Crippen LogP contribution in [0, 0.1) is 6.92 Å². The van der Waals surface area contributed by atoms with Crippen molar-refractivity contribution in [2.75, 3.05) is 27.3 Å². The van der Waals surface area contributed by atoms with Crippen molar-refractivity contribution in [3.05, 3.63) is 82.5 Å². The quantitative estimate of drug-likeness (QED) is 0.159. The third kappa shape index (κ3) is 7.24. The van der Waals surface area contributed by atoms with Crippen molar-refractivity contribution in [2.24, 2.45) is 0 Å². The van der Waals surface area contributed by atoms with Crippen LogP contribution in [-0.4, -0.2) is 48.5 Å². The highest BCUT2D eigenvalue weighted by Crippen LogP contribution is 2.40. The second kappa shape index (κ2) is 14.4. The van der Waals surface area contributed by atoms with Crippen LogP contribution >= 0.6 is 11.6 Å². The van der Waals surface area contributed by atoms with E-state index in [0.29, 0.717) is 30.5 Å². The SMILES string of the molecule is CCCNCc1ccc(-c2cccc(-c3ccnc(-c4ccc(CNC[C@H](C)O)c(OC)c4)c3C)c2Cl)nc1OC. The lowest BCUT2D eigenvalue weighted by Gasteiger charge is -2.16. The van der Waals surface area contributed by atoms with Crippen molar-refractivity contribution in [3.63, 3.8) is 0 Å². The van der Waals surface area contributed by atoms with Crippen molar-refractivity contribution in [3.8, 4) is 45.3 Å². The molecule has 0 spiro atoms. The standard InChI is InChI=1S/C33H39ClN4O3/c1-6-15-35-20-25-12-13-29(38-33(25)41-5)28-9-7-8-27(31(28)34)26-14-16-37-32(22(26)3)23-10-11-24(30(17-23)40-4)19-36-18-21(2)39/h7-14,16-17,21,35-36,39H,6,15,18-20H2,1-5H3/t21-/m0/s1. The highest BCUT2D eigenvalue weighted by molar-refractivity contribution is 6.36. The van der Waals surface area contributed by atoms with Crippen molar-refractivity contribution < 1.29 is 14.6 Å². The molecule has 0 amide bonds. The van der Waals surface area contributed by atoms with E-state index in [1.54, 1.807) is 21.1 Å². The number of rotatable bonds is 13. The van der Waals surface area contributed by atoms with Gasteiger partial charge in [0.05, 0.1) is 36.7 Å². The molecule has 2 aromatic carbocycles. The summed E-state index contributed by atoms with van der Waals surface area (Å²) in [7, 11) is 3.31. The predicted octanol–water partition coefficient (Wildman–Crippen LogP) is 6.43. The minimum Gasteiger partial charge on any atom is -0.496 e. The molecule has 2 aromatic heterocycles. The molecular formula is C33H39ClN4O3. The van der Waals surface area contributed by atoms with E-state index in [4.69, 9.17) is 31.0 Å². The summed E-state index contributed by atoms with van der Waals surface area (Å²) in [6.45, 7) is 8.69. The number of benzene rings is 2. The lowest BCUT2D eigenvalue weighted by atomic mass is 9.94. The van der Waals surface area contributed by atoms with E-state index in [1.807, 2.05) is 60.8 Å². The van der Waals surface area contributed by atoms with Crippen LogP contribution < -0.4 is 20.1 Å². The third-order valence-corrected chi connectivity index (χ3v) is 7.37. The molecule has 0 saturated heterocycles. The zero-order chi connectivity index (χ0) is 29.4. The molecule has 0 aliphatic carbocycles. The fourth-order valence-electron chi connectivity index (χ4n) is 4.84. The third-order valence-electron chi connectivity index (χ3n) is 6.96. The first-order valence-electron chi connectivity index (χ1n) is 13.9. The van der Waals surface area contributed by atoms with Crippen molar-refractivity contribution in [1.82, 2.24) is 20.6 Å². The molecule has 2 heterocycles. The normalized spacial score (nSPS) is 11.9. The van der Waals surface area contributed by atoms with E-state index in [0.717, 1.165) is 69.0 Å². The molecular weight excluding hydrogens is 536 g/mol. The average molecular weight is 575 g/mol. The maximum absolute atomic E-state index is 9.55. The monoisotopic (exact) mass is 574 g/mol. The number of aromatic nitrogens is 2. The van der Waals surface area contributed by atoms with Gasteiger partial charge < -0.3 is 25.2 Å². The minimum absolute atomic E-state index is 0.412. The fraction of sp³-hybridized carbons (Fsp3) is 0.333. The van der Waals surface area contributed by atoms with Crippen LogP contribution in [0.2, 0.25) is 5.02 Å². The van der Waals surface area contributed by atoms with Crippen LogP contribution in [0.1, 0.15) is 37.0 Å². The van der Waals surface area contributed by atoms with E-state index >= 15 is 0 Å². The number of methoxy groups -OCH3 is 2. The fourth-order valence-corrected chi connectivity index (χ4v) is 5.16. The molecule has 8 heteroatoms. The van der Waals surface area contributed by atoms with Crippen LogP contribution in [-0.2, 0) is 13.1 Å². The van der Waals surface area contributed by atoms with Crippen molar-refractivity contribution >= 4 is 11.6 Å². The number of nitrogens with one attached hydrogen (secondary N) is 2. The summed E-state index contributed by atoms with van der Waals surface area (Å²) in [5.41, 5.74) is 8.33. The van der Waals surface area contributed by atoms with E-state index in [2.05, 4.69) is 24.5 Å². The van der Waals surface area contributed by atoms with E-state index in [1.165, 1.54) is 0 Å². The molecule has 0 fully saturated rings. The maximum atomic E-state index is 9.55. The van der Waals surface area contributed by atoms with E-state index in [-0.39, 0.29) is 0 Å². The number of aliphatic hydroxyl groups excluding tert-OH is 1. The van der Waals surface area contributed by atoms with Gasteiger partial charge in [0, 0.05) is 53.6 Å². The number of aliphatic hydroxyl groups is 1. The molecule has 3 N–H and O–H groups in total. The summed E-state index contributed by atoms with van der Waals surface area (Å²) in [6.07, 6.45) is 2.46. The molecule has 0 radical (unpaired) electrons. The molecule has 7 nitrogen and oxygen atoms in total. The second-order valence-corrected chi connectivity index (χ2v) is 10.4. The molecule has 0 aliphatic rings. The Labute approximate surface area is 247 Å². The zero-order valence-electron chi connectivity index (χ0n) is 24.4. The van der Waals surface area contributed by atoms with Gasteiger partial charge in [-0.25, -0.2) is 4.98 Å². The Bertz CT molecular complexity index is 1480. The Morgan fingerprint density at radius 3 is 2.41 bits per heavy atom. The highest BCUT2D eigenvalue weighted by Gasteiger charge is 2.17. The number of halogens is 1. The van der Waals surface area contributed by atoms with Gasteiger partial charge in [0.15, 0.2) is 0 Å².